The molecule has 0 atom stereocenters. The zero-order chi connectivity index (χ0) is 13.2. The Hall–Kier alpha value is -1.43. The summed E-state index contributed by atoms with van der Waals surface area (Å²) in [6.07, 6.45) is -0.0902. The minimum Gasteiger partial charge on any atom is -0.481 e. The molecular formula is C11H16N2O3S. The first-order valence-corrected chi connectivity index (χ1v) is 6.03. The van der Waals surface area contributed by atoms with E-state index in [1.165, 1.54) is 16.2 Å². The van der Waals surface area contributed by atoms with Gasteiger partial charge in [0.25, 0.3) is 5.91 Å². The van der Waals surface area contributed by atoms with Crippen molar-refractivity contribution in [3.63, 3.8) is 0 Å². The number of aliphatic carboxylic acids is 1. The van der Waals surface area contributed by atoms with Crippen molar-refractivity contribution < 1.29 is 14.7 Å². The predicted molar refractivity (Wildman–Crippen MR) is 65.3 cm³/mol. The molecule has 0 radical (unpaired) electrons. The number of nitrogens with zero attached hydrogens (tertiary/aromatic N) is 2. The number of rotatable bonds is 4. The number of amides is 1. The van der Waals surface area contributed by atoms with Crippen LogP contribution in [0.4, 0.5) is 0 Å². The molecule has 94 valence electrons. The first kappa shape index (κ1) is 13.6. The molecule has 5 nitrogen and oxygen atoms in total. The van der Waals surface area contributed by atoms with Crippen LogP contribution in [0.5, 0.6) is 0 Å². The summed E-state index contributed by atoms with van der Waals surface area (Å²) in [5, 5.41) is 8.82. The van der Waals surface area contributed by atoms with E-state index in [0.717, 1.165) is 0 Å². The Balaban J connectivity index is 2.90. The average molecular weight is 256 g/mol. The molecule has 0 spiro atoms. The fourth-order valence-electron chi connectivity index (χ4n) is 1.42. The molecule has 1 N–H and O–H groups in total. The number of hydrogen-bond acceptors (Lipinski definition) is 4. The van der Waals surface area contributed by atoms with Crippen LogP contribution in [0.2, 0.25) is 0 Å². The van der Waals surface area contributed by atoms with Crippen molar-refractivity contribution >= 4 is 23.2 Å². The molecule has 17 heavy (non-hydrogen) atoms. The second kappa shape index (κ2) is 4.83. The number of aromatic nitrogens is 1. The molecule has 0 unspecified atom stereocenters. The van der Waals surface area contributed by atoms with Gasteiger partial charge >= 0.3 is 5.97 Å². The minimum absolute atomic E-state index is 0.0902. The number of carbonyl (C=O) groups excluding carboxylic acids is 1. The van der Waals surface area contributed by atoms with Crippen LogP contribution in [0, 0.1) is 6.92 Å². The Morgan fingerprint density at radius 2 is 2.12 bits per heavy atom. The summed E-state index contributed by atoms with van der Waals surface area (Å²) < 4.78 is 0. The molecule has 0 aliphatic rings. The van der Waals surface area contributed by atoms with E-state index in [4.69, 9.17) is 5.11 Å². The van der Waals surface area contributed by atoms with Crippen molar-refractivity contribution in [2.24, 2.45) is 0 Å². The van der Waals surface area contributed by atoms with E-state index in [-0.39, 0.29) is 12.3 Å². The molecule has 0 bridgehead atoms. The normalized spacial score (nSPS) is 11.3. The summed E-state index contributed by atoms with van der Waals surface area (Å²) in [5.74, 6) is -1.10. The Morgan fingerprint density at radius 3 is 2.53 bits per heavy atom. The van der Waals surface area contributed by atoms with Gasteiger partial charge in [0, 0.05) is 12.6 Å². The maximum atomic E-state index is 12.2. The lowest BCUT2D eigenvalue weighted by Gasteiger charge is -2.34. The lowest BCUT2D eigenvalue weighted by Crippen LogP contribution is -2.46. The molecule has 1 heterocycles. The zero-order valence-electron chi connectivity index (χ0n) is 10.4. The summed E-state index contributed by atoms with van der Waals surface area (Å²) in [5.41, 5.74) is 1.57. The summed E-state index contributed by atoms with van der Waals surface area (Å²) in [6, 6.07) is 0. The quantitative estimate of drug-likeness (QED) is 0.891. The van der Waals surface area contributed by atoms with Crippen molar-refractivity contribution in [2.45, 2.75) is 32.7 Å². The van der Waals surface area contributed by atoms with E-state index in [2.05, 4.69) is 4.98 Å². The third-order valence-corrected chi connectivity index (χ3v) is 3.65. The van der Waals surface area contributed by atoms with E-state index >= 15 is 0 Å². The third kappa shape index (κ3) is 3.03. The van der Waals surface area contributed by atoms with Crippen LogP contribution in [-0.2, 0) is 4.79 Å². The molecule has 1 amide bonds. The lowest BCUT2D eigenvalue weighted by atomic mass is 9.98. The predicted octanol–water partition coefficient (Wildman–Crippen LogP) is 1.78. The van der Waals surface area contributed by atoms with Gasteiger partial charge in [0.2, 0.25) is 0 Å². The van der Waals surface area contributed by atoms with Gasteiger partial charge in [0.15, 0.2) is 0 Å². The van der Waals surface area contributed by atoms with Crippen LogP contribution in [0.1, 0.15) is 35.6 Å². The Kier molecular flexibility index (Phi) is 3.87. The fourth-order valence-corrected chi connectivity index (χ4v) is 2.20. The standard InChI is InChI=1S/C11H16N2O3S/c1-7-9(17-6-12-7)10(16)13(4)11(2,3)5-8(14)15/h6H,5H2,1-4H3,(H,14,15). The SMILES string of the molecule is Cc1ncsc1C(=O)N(C)C(C)(C)CC(=O)O. The molecular weight excluding hydrogens is 240 g/mol. The average Bonchev–Trinajstić information content (AvgIpc) is 2.60. The smallest absolute Gasteiger partial charge is 0.305 e. The van der Waals surface area contributed by atoms with Gasteiger partial charge in [-0.25, -0.2) is 4.98 Å². The lowest BCUT2D eigenvalue weighted by molar-refractivity contribution is -0.139. The molecule has 6 heteroatoms. The van der Waals surface area contributed by atoms with Crippen LogP contribution in [0.3, 0.4) is 0 Å². The molecule has 0 saturated heterocycles. The Labute approximate surface area is 104 Å². The van der Waals surface area contributed by atoms with Crippen LogP contribution in [-0.4, -0.2) is 39.5 Å². The van der Waals surface area contributed by atoms with Gasteiger partial charge in [-0.3, -0.25) is 9.59 Å². The number of carbonyl (C=O) groups is 2. The maximum Gasteiger partial charge on any atom is 0.305 e. The molecule has 1 aromatic heterocycles. The number of aryl methyl sites for hydroxylation is 1. The van der Waals surface area contributed by atoms with Gasteiger partial charge in [-0.2, -0.15) is 0 Å². The first-order valence-electron chi connectivity index (χ1n) is 5.16. The molecule has 0 saturated carbocycles. The van der Waals surface area contributed by atoms with Crippen LogP contribution >= 0.6 is 11.3 Å². The van der Waals surface area contributed by atoms with Crippen LogP contribution < -0.4 is 0 Å². The maximum absolute atomic E-state index is 12.2. The summed E-state index contributed by atoms with van der Waals surface area (Å²) in [6.45, 7) is 5.23. The number of hydrogen-bond donors (Lipinski definition) is 1. The van der Waals surface area contributed by atoms with E-state index in [9.17, 15) is 9.59 Å². The molecule has 0 aliphatic heterocycles. The number of thiazole rings is 1. The van der Waals surface area contributed by atoms with Gasteiger partial charge in [0.05, 0.1) is 17.6 Å². The van der Waals surface area contributed by atoms with Gasteiger partial charge in [-0.1, -0.05) is 0 Å². The Bertz CT molecular complexity index is 440. The van der Waals surface area contributed by atoms with Gasteiger partial charge < -0.3 is 10.0 Å². The second-order valence-corrected chi connectivity index (χ2v) is 5.37. The van der Waals surface area contributed by atoms with Gasteiger partial charge in [-0.15, -0.1) is 11.3 Å². The number of carboxylic acid groups (broad SMARTS) is 1. The van der Waals surface area contributed by atoms with E-state index < -0.39 is 11.5 Å². The van der Waals surface area contributed by atoms with E-state index in [0.29, 0.717) is 10.6 Å². The van der Waals surface area contributed by atoms with E-state index in [1.54, 1.807) is 33.3 Å². The largest absolute Gasteiger partial charge is 0.481 e. The monoisotopic (exact) mass is 256 g/mol. The molecule has 0 aromatic carbocycles. The van der Waals surface area contributed by atoms with Crippen molar-refractivity contribution in [3.05, 3.63) is 16.1 Å². The van der Waals surface area contributed by atoms with Crippen molar-refractivity contribution in [2.75, 3.05) is 7.05 Å². The highest BCUT2D eigenvalue weighted by atomic mass is 32.1. The van der Waals surface area contributed by atoms with E-state index in [1.807, 2.05) is 0 Å². The van der Waals surface area contributed by atoms with Crippen LogP contribution in [0.25, 0.3) is 0 Å². The Morgan fingerprint density at radius 1 is 1.53 bits per heavy atom. The van der Waals surface area contributed by atoms with Crippen molar-refractivity contribution in [3.8, 4) is 0 Å². The molecule has 1 rings (SSSR count). The van der Waals surface area contributed by atoms with Crippen molar-refractivity contribution in [1.29, 1.82) is 0 Å². The fraction of sp³-hybridized carbons (Fsp3) is 0.545. The summed E-state index contributed by atoms with van der Waals surface area (Å²) in [4.78, 5) is 28.9. The highest BCUT2D eigenvalue weighted by Crippen LogP contribution is 2.22. The molecule has 1 aromatic rings. The highest BCUT2D eigenvalue weighted by molar-refractivity contribution is 7.11. The summed E-state index contributed by atoms with van der Waals surface area (Å²) in [7, 11) is 1.62. The zero-order valence-corrected chi connectivity index (χ0v) is 11.2. The summed E-state index contributed by atoms with van der Waals surface area (Å²) >= 11 is 1.27. The first-order chi connectivity index (χ1) is 7.75. The topological polar surface area (TPSA) is 70.5 Å². The minimum atomic E-state index is -0.921. The van der Waals surface area contributed by atoms with Gasteiger partial charge in [-0.05, 0) is 20.8 Å². The van der Waals surface area contributed by atoms with Gasteiger partial charge in [0.1, 0.15) is 4.88 Å². The highest BCUT2D eigenvalue weighted by Gasteiger charge is 2.31. The number of carboxylic acids is 1. The molecule has 0 fully saturated rings. The molecule has 0 aliphatic carbocycles. The second-order valence-electron chi connectivity index (χ2n) is 4.51. The van der Waals surface area contributed by atoms with Crippen LogP contribution in [0.15, 0.2) is 5.51 Å². The third-order valence-electron chi connectivity index (χ3n) is 2.74. The van der Waals surface area contributed by atoms with Crippen molar-refractivity contribution in [1.82, 2.24) is 9.88 Å².